The van der Waals surface area contributed by atoms with E-state index in [9.17, 15) is 4.79 Å². The molecule has 0 bridgehead atoms. The molecule has 1 amide bonds. The van der Waals surface area contributed by atoms with Crippen molar-refractivity contribution >= 4 is 11.7 Å². The molecule has 4 rings (SSSR count). The maximum Gasteiger partial charge on any atom is 0.251 e. The number of ether oxygens (including phenoxy) is 1. The smallest absolute Gasteiger partial charge is 0.251 e. The topological polar surface area (TPSA) is 72.3 Å². The third kappa shape index (κ3) is 4.68. The fourth-order valence-corrected chi connectivity index (χ4v) is 3.68. The standard InChI is InChI=1S/C23H27N5O2/c1-16-10-26-28(13-16)21-7-5-20(6-8-21)23(29)25-12-19-4-9-22(24-11-19)27-14-17(2)30-18(3)15-27/h4-11,13,17-18H,12,14-15H2,1-3H3,(H,25,29). The van der Waals surface area contributed by atoms with Crippen molar-refractivity contribution in [1.29, 1.82) is 0 Å². The highest BCUT2D eigenvalue weighted by Gasteiger charge is 2.23. The van der Waals surface area contributed by atoms with Crippen LogP contribution in [-0.2, 0) is 11.3 Å². The minimum absolute atomic E-state index is 0.113. The maximum absolute atomic E-state index is 12.5. The molecule has 1 aliphatic heterocycles. The summed E-state index contributed by atoms with van der Waals surface area (Å²) in [6.45, 7) is 8.25. The van der Waals surface area contributed by atoms with Crippen molar-refractivity contribution in [2.45, 2.75) is 39.5 Å². The highest BCUT2D eigenvalue weighted by atomic mass is 16.5. The third-order valence-corrected chi connectivity index (χ3v) is 5.11. The average Bonchev–Trinajstić information content (AvgIpc) is 3.18. The van der Waals surface area contributed by atoms with E-state index in [1.54, 1.807) is 10.9 Å². The van der Waals surface area contributed by atoms with Crippen molar-refractivity contribution in [2.75, 3.05) is 18.0 Å². The lowest BCUT2D eigenvalue weighted by molar-refractivity contribution is -0.00546. The molecule has 1 N–H and O–H groups in total. The van der Waals surface area contributed by atoms with Gasteiger partial charge in [-0.15, -0.1) is 0 Å². The molecule has 0 saturated carbocycles. The molecule has 7 nitrogen and oxygen atoms in total. The van der Waals surface area contributed by atoms with Gasteiger partial charge in [0.2, 0.25) is 0 Å². The zero-order chi connectivity index (χ0) is 21.1. The van der Waals surface area contributed by atoms with Crippen LogP contribution < -0.4 is 10.2 Å². The van der Waals surface area contributed by atoms with Crippen LogP contribution in [0.2, 0.25) is 0 Å². The number of pyridine rings is 1. The summed E-state index contributed by atoms with van der Waals surface area (Å²) in [5.41, 5.74) is 3.59. The molecular weight excluding hydrogens is 378 g/mol. The molecule has 3 heterocycles. The van der Waals surface area contributed by atoms with Gasteiger partial charge in [-0.05, 0) is 62.2 Å². The first kappa shape index (κ1) is 20.1. The Balaban J connectivity index is 1.33. The van der Waals surface area contributed by atoms with Crippen molar-refractivity contribution in [2.24, 2.45) is 0 Å². The van der Waals surface area contributed by atoms with Crippen LogP contribution in [0.1, 0.15) is 35.3 Å². The summed E-state index contributed by atoms with van der Waals surface area (Å²) in [6.07, 6.45) is 5.96. The Morgan fingerprint density at radius 3 is 2.43 bits per heavy atom. The first-order valence-corrected chi connectivity index (χ1v) is 10.2. The second-order valence-corrected chi connectivity index (χ2v) is 7.88. The van der Waals surface area contributed by atoms with E-state index in [4.69, 9.17) is 4.74 Å². The van der Waals surface area contributed by atoms with E-state index in [0.717, 1.165) is 35.7 Å². The second kappa shape index (κ2) is 8.67. The van der Waals surface area contributed by atoms with Crippen LogP contribution >= 0.6 is 0 Å². The zero-order valence-electron chi connectivity index (χ0n) is 17.6. The summed E-state index contributed by atoms with van der Waals surface area (Å²) in [5.74, 6) is 0.828. The van der Waals surface area contributed by atoms with Gasteiger partial charge in [0.25, 0.3) is 5.91 Å². The van der Waals surface area contributed by atoms with Crippen LogP contribution in [0.4, 0.5) is 5.82 Å². The first-order chi connectivity index (χ1) is 14.5. The fourth-order valence-electron chi connectivity index (χ4n) is 3.68. The van der Waals surface area contributed by atoms with Gasteiger partial charge in [0.1, 0.15) is 5.82 Å². The van der Waals surface area contributed by atoms with Crippen LogP contribution in [-0.4, -0.2) is 46.0 Å². The number of carbonyl (C=O) groups is 1. The number of anilines is 1. The quantitative estimate of drug-likeness (QED) is 0.706. The third-order valence-electron chi connectivity index (χ3n) is 5.11. The van der Waals surface area contributed by atoms with Gasteiger partial charge in [-0.25, -0.2) is 9.67 Å². The van der Waals surface area contributed by atoms with Gasteiger partial charge >= 0.3 is 0 Å². The molecule has 2 unspecified atom stereocenters. The lowest BCUT2D eigenvalue weighted by Crippen LogP contribution is -2.45. The van der Waals surface area contributed by atoms with Crippen LogP contribution in [0.15, 0.2) is 55.0 Å². The summed E-state index contributed by atoms with van der Waals surface area (Å²) in [6, 6.07) is 11.4. The van der Waals surface area contributed by atoms with Gasteiger partial charge in [0, 0.05) is 37.6 Å². The van der Waals surface area contributed by atoms with Gasteiger partial charge in [-0.3, -0.25) is 4.79 Å². The number of amides is 1. The van der Waals surface area contributed by atoms with Crippen molar-refractivity contribution in [3.63, 3.8) is 0 Å². The van der Waals surface area contributed by atoms with E-state index in [-0.39, 0.29) is 18.1 Å². The Morgan fingerprint density at radius 2 is 1.83 bits per heavy atom. The number of hydrogen-bond donors (Lipinski definition) is 1. The van der Waals surface area contributed by atoms with E-state index >= 15 is 0 Å². The molecule has 1 saturated heterocycles. The Labute approximate surface area is 176 Å². The number of carbonyl (C=O) groups excluding carboxylic acids is 1. The number of rotatable bonds is 5. The fraction of sp³-hybridized carbons (Fsp3) is 0.348. The molecule has 2 aromatic heterocycles. The number of aryl methyl sites for hydroxylation is 1. The zero-order valence-corrected chi connectivity index (χ0v) is 17.6. The summed E-state index contributed by atoms with van der Waals surface area (Å²) < 4.78 is 7.57. The van der Waals surface area contributed by atoms with E-state index < -0.39 is 0 Å². The highest BCUT2D eigenvalue weighted by molar-refractivity contribution is 5.94. The van der Waals surface area contributed by atoms with E-state index in [0.29, 0.717) is 12.1 Å². The minimum Gasteiger partial charge on any atom is -0.372 e. The van der Waals surface area contributed by atoms with Gasteiger partial charge in [0.15, 0.2) is 0 Å². The Hall–Kier alpha value is -3.19. The number of benzene rings is 1. The Kier molecular flexibility index (Phi) is 5.81. The molecule has 7 heteroatoms. The minimum atomic E-state index is -0.113. The first-order valence-electron chi connectivity index (χ1n) is 10.2. The SMILES string of the molecule is Cc1cnn(-c2ccc(C(=O)NCc3ccc(N4CC(C)OC(C)C4)nc3)cc2)c1. The van der Waals surface area contributed by atoms with Crippen molar-refractivity contribution in [1.82, 2.24) is 20.1 Å². The van der Waals surface area contributed by atoms with Crippen LogP contribution in [0.25, 0.3) is 5.69 Å². The summed E-state index contributed by atoms with van der Waals surface area (Å²) in [7, 11) is 0. The Bertz CT molecular complexity index is 987. The summed E-state index contributed by atoms with van der Waals surface area (Å²) in [4.78, 5) is 19.3. The van der Waals surface area contributed by atoms with Crippen molar-refractivity contribution in [3.05, 3.63) is 71.7 Å². The predicted octanol–water partition coefficient (Wildman–Crippen LogP) is 3.12. The van der Waals surface area contributed by atoms with E-state index in [1.165, 1.54) is 0 Å². The summed E-state index contributed by atoms with van der Waals surface area (Å²) >= 11 is 0. The summed E-state index contributed by atoms with van der Waals surface area (Å²) in [5, 5.41) is 7.24. The molecular formula is C23H27N5O2. The molecule has 30 heavy (non-hydrogen) atoms. The normalized spacial score (nSPS) is 19.0. The average molecular weight is 406 g/mol. The molecule has 0 aliphatic carbocycles. The monoisotopic (exact) mass is 405 g/mol. The van der Waals surface area contributed by atoms with Crippen LogP contribution in [0.3, 0.4) is 0 Å². The largest absolute Gasteiger partial charge is 0.372 e. The number of morpholine rings is 1. The van der Waals surface area contributed by atoms with Gasteiger partial charge in [-0.1, -0.05) is 6.07 Å². The number of hydrogen-bond acceptors (Lipinski definition) is 5. The molecule has 0 radical (unpaired) electrons. The Morgan fingerprint density at radius 1 is 1.10 bits per heavy atom. The van der Waals surface area contributed by atoms with Crippen molar-refractivity contribution in [3.8, 4) is 5.69 Å². The van der Waals surface area contributed by atoms with E-state index in [2.05, 4.69) is 34.1 Å². The second-order valence-electron chi connectivity index (χ2n) is 7.88. The van der Waals surface area contributed by atoms with Gasteiger partial charge < -0.3 is 15.0 Å². The lowest BCUT2D eigenvalue weighted by atomic mass is 10.2. The molecule has 2 atom stereocenters. The van der Waals surface area contributed by atoms with Gasteiger partial charge in [-0.2, -0.15) is 5.10 Å². The number of nitrogens with zero attached hydrogens (tertiary/aromatic N) is 4. The molecule has 1 aromatic carbocycles. The molecule has 156 valence electrons. The predicted molar refractivity (Wildman–Crippen MR) is 116 cm³/mol. The highest BCUT2D eigenvalue weighted by Crippen LogP contribution is 2.18. The number of nitrogens with one attached hydrogen (secondary N) is 1. The molecule has 0 spiro atoms. The maximum atomic E-state index is 12.5. The number of aromatic nitrogens is 3. The lowest BCUT2D eigenvalue weighted by Gasteiger charge is -2.36. The van der Waals surface area contributed by atoms with Crippen LogP contribution in [0, 0.1) is 6.92 Å². The van der Waals surface area contributed by atoms with Crippen molar-refractivity contribution < 1.29 is 9.53 Å². The van der Waals surface area contributed by atoms with Crippen LogP contribution in [0.5, 0.6) is 0 Å². The van der Waals surface area contributed by atoms with E-state index in [1.807, 2.05) is 55.7 Å². The molecule has 1 aliphatic rings. The van der Waals surface area contributed by atoms with Gasteiger partial charge in [0.05, 0.1) is 24.1 Å². The molecule has 1 fully saturated rings. The molecule has 3 aromatic rings.